The molecule has 0 aromatic rings. The summed E-state index contributed by atoms with van der Waals surface area (Å²) in [5.41, 5.74) is 0. The fraction of sp³-hybridized carbons (Fsp3) is 0.727. The SMILES string of the molecule is C=CC(=O)CCCCCC(C)C. The first-order valence-electron chi connectivity index (χ1n) is 4.82. The van der Waals surface area contributed by atoms with Gasteiger partial charge in [0, 0.05) is 6.42 Å². The van der Waals surface area contributed by atoms with Crippen molar-refractivity contribution in [1.82, 2.24) is 0 Å². The minimum absolute atomic E-state index is 0.180. The number of ketones is 1. The number of carbonyl (C=O) groups is 1. The summed E-state index contributed by atoms with van der Waals surface area (Å²) in [6.07, 6.45) is 6.84. The van der Waals surface area contributed by atoms with Crippen LogP contribution < -0.4 is 0 Å². The van der Waals surface area contributed by atoms with Gasteiger partial charge >= 0.3 is 0 Å². The third-order valence-corrected chi connectivity index (χ3v) is 1.93. The maximum absolute atomic E-state index is 10.8. The Hall–Kier alpha value is -0.590. The van der Waals surface area contributed by atoms with Crippen molar-refractivity contribution < 1.29 is 4.79 Å². The Kier molecular flexibility index (Phi) is 6.73. The maximum Gasteiger partial charge on any atom is 0.155 e. The van der Waals surface area contributed by atoms with Crippen LogP contribution in [0.25, 0.3) is 0 Å². The third-order valence-electron chi connectivity index (χ3n) is 1.93. The van der Waals surface area contributed by atoms with E-state index in [1.165, 1.54) is 25.3 Å². The molecule has 0 N–H and O–H groups in total. The summed E-state index contributed by atoms with van der Waals surface area (Å²) in [6, 6.07) is 0. The summed E-state index contributed by atoms with van der Waals surface area (Å²) in [6.45, 7) is 7.90. The van der Waals surface area contributed by atoms with E-state index in [-0.39, 0.29) is 5.78 Å². The van der Waals surface area contributed by atoms with Crippen LogP contribution in [-0.2, 0) is 4.79 Å². The third kappa shape index (κ3) is 7.52. The molecule has 0 amide bonds. The van der Waals surface area contributed by atoms with Gasteiger partial charge in [-0.1, -0.05) is 39.7 Å². The van der Waals surface area contributed by atoms with Gasteiger partial charge < -0.3 is 0 Å². The predicted molar refractivity (Wildman–Crippen MR) is 53.1 cm³/mol. The minimum atomic E-state index is 0.180. The first-order chi connectivity index (χ1) is 5.66. The summed E-state index contributed by atoms with van der Waals surface area (Å²) in [4.78, 5) is 10.8. The van der Waals surface area contributed by atoms with E-state index >= 15 is 0 Å². The Labute approximate surface area is 75.9 Å². The van der Waals surface area contributed by atoms with Crippen molar-refractivity contribution in [2.24, 2.45) is 5.92 Å². The van der Waals surface area contributed by atoms with Crippen molar-refractivity contribution in [3.05, 3.63) is 12.7 Å². The summed E-state index contributed by atoms with van der Waals surface area (Å²) in [7, 11) is 0. The molecule has 70 valence electrons. The number of unbranched alkanes of at least 4 members (excludes halogenated alkanes) is 2. The van der Waals surface area contributed by atoms with E-state index in [0.717, 1.165) is 12.3 Å². The van der Waals surface area contributed by atoms with E-state index in [9.17, 15) is 4.79 Å². The molecule has 0 aliphatic rings. The number of rotatable bonds is 7. The normalized spacial score (nSPS) is 10.2. The van der Waals surface area contributed by atoms with Gasteiger partial charge in [-0.25, -0.2) is 0 Å². The van der Waals surface area contributed by atoms with Crippen LogP contribution in [-0.4, -0.2) is 5.78 Å². The summed E-state index contributed by atoms with van der Waals surface area (Å²) in [5, 5.41) is 0. The van der Waals surface area contributed by atoms with Gasteiger partial charge in [0.15, 0.2) is 5.78 Å². The molecule has 0 unspecified atom stereocenters. The van der Waals surface area contributed by atoms with E-state index in [0.29, 0.717) is 6.42 Å². The van der Waals surface area contributed by atoms with E-state index in [1.807, 2.05) is 0 Å². The first-order valence-corrected chi connectivity index (χ1v) is 4.82. The molecule has 0 aliphatic heterocycles. The molecule has 0 aromatic heterocycles. The van der Waals surface area contributed by atoms with Crippen LogP contribution in [0, 0.1) is 5.92 Å². The number of hydrogen-bond acceptors (Lipinski definition) is 1. The highest BCUT2D eigenvalue weighted by Gasteiger charge is 1.97. The lowest BCUT2D eigenvalue weighted by molar-refractivity contribution is -0.114. The topological polar surface area (TPSA) is 17.1 Å². The summed E-state index contributed by atoms with van der Waals surface area (Å²) in [5.74, 6) is 0.972. The van der Waals surface area contributed by atoms with Crippen molar-refractivity contribution in [3.63, 3.8) is 0 Å². The lowest BCUT2D eigenvalue weighted by Crippen LogP contribution is -1.92. The fourth-order valence-corrected chi connectivity index (χ4v) is 1.13. The molecule has 0 fully saturated rings. The molecule has 0 radical (unpaired) electrons. The Morgan fingerprint density at radius 3 is 2.50 bits per heavy atom. The van der Waals surface area contributed by atoms with Gasteiger partial charge in [0.2, 0.25) is 0 Å². The van der Waals surface area contributed by atoms with Crippen LogP contribution in [0.4, 0.5) is 0 Å². The van der Waals surface area contributed by atoms with E-state index in [2.05, 4.69) is 20.4 Å². The highest BCUT2D eigenvalue weighted by molar-refractivity contribution is 5.88. The van der Waals surface area contributed by atoms with Crippen LogP contribution in [0.15, 0.2) is 12.7 Å². The second-order valence-corrected chi connectivity index (χ2v) is 3.66. The second kappa shape index (κ2) is 7.08. The monoisotopic (exact) mass is 168 g/mol. The maximum atomic E-state index is 10.8. The smallest absolute Gasteiger partial charge is 0.155 e. The van der Waals surface area contributed by atoms with E-state index in [4.69, 9.17) is 0 Å². The van der Waals surface area contributed by atoms with E-state index in [1.54, 1.807) is 0 Å². The molecule has 1 nitrogen and oxygen atoms in total. The van der Waals surface area contributed by atoms with Crippen molar-refractivity contribution in [2.45, 2.75) is 46.0 Å². The largest absolute Gasteiger partial charge is 0.295 e. The average Bonchev–Trinajstić information content (AvgIpc) is 2.03. The average molecular weight is 168 g/mol. The fourth-order valence-electron chi connectivity index (χ4n) is 1.13. The van der Waals surface area contributed by atoms with Crippen molar-refractivity contribution in [2.75, 3.05) is 0 Å². The molecular weight excluding hydrogens is 148 g/mol. The zero-order valence-electron chi connectivity index (χ0n) is 8.31. The number of carbonyl (C=O) groups excluding carboxylic acids is 1. The van der Waals surface area contributed by atoms with Crippen molar-refractivity contribution in [3.8, 4) is 0 Å². The van der Waals surface area contributed by atoms with Gasteiger partial charge in [-0.05, 0) is 18.4 Å². The molecule has 0 aromatic carbocycles. The number of allylic oxidation sites excluding steroid dienone is 1. The standard InChI is InChI=1S/C11H20O/c1-4-11(12)9-7-5-6-8-10(2)3/h4,10H,1,5-9H2,2-3H3. The highest BCUT2D eigenvalue weighted by atomic mass is 16.1. The Morgan fingerprint density at radius 1 is 1.33 bits per heavy atom. The molecule has 0 aliphatic carbocycles. The molecule has 0 rings (SSSR count). The molecular formula is C11H20O. The van der Waals surface area contributed by atoms with Gasteiger partial charge in [-0.2, -0.15) is 0 Å². The minimum Gasteiger partial charge on any atom is -0.295 e. The van der Waals surface area contributed by atoms with E-state index < -0.39 is 0 Å². The molecule has 0 bridgehead atoms. The quantitative estimate of drug-likeness (QED) is 0.421. The van der Waals surface area contributed by atoms with Gasteiger partial charge in [0.05, 0.1) is 0 Å². The molecule has 0 atom stereocenters. The Bertz CT molecular complexity index is 136. The zero-order valence-corrected chi connectivity index (χ0v) is 8.31. The molecule has 0 saturated heterocycles. The van der Waals surface area contributed by atoms with Gasteiger partial charge in [-0.3, -0.25) is 4.79 Å². The Balaban J connectivity index is 3.11. The van der Waals surface area contributed by atoms with Crippen molar-refractivity contribution in [1.29, 1.82) is 0 Å². The van der Waals surface area contributed by atoms with Crippen LogP contribution >= 0.6 is 0 Å². The van der Waals surface area contributed by atoms with Crippen LogP contribution in [0.3, 0.4) is 0 Å². The molecule has 0 saturated carbocycles. The zero-order chi connectivity index (χ0) is 9.40. The summed E-state index contributed by atoms with van der Waals surface area (Å²) >= 11 is 0. The lowest BCUT2D eigenvalue weighted by Gasteiger charge is -2.02. The lowest BCUT2D eigenvalue weighted by atomic mass is 10.0. The van der Waals surface area contributed by atoms with Gasteiger partial charge in [0.1, 0.15) is 0 Å². The van der Waals surface area contributed by atoms with Gasteiger partial charge in [0.25, 0.3) is 0 Å². The Morgan fingerprint density at radius 2 is 2.00 bits per heavy atom. The summed E-state index contributed by atoms with van der Waals surface area (Å²) < 4.78 is 0. The predicted octanol–water partition coefficient (Wildman–Crippen LogP) is 3.35. The number of hydrogen-bond donors (Lipinski definition) is 0. The van der Waals surface area contributed by atoms with Crippen LogP contribution in [0.2, 0.25) is 0 Å². The van der Waals surface area contributed by atoms with Crippen LogP contribution in [0.5, 0.6) is 0 Å². The molecule has 1 heteroatoms. The van der Waals surface area contributed by atoms with Crippen LogP contribution in [0.1, 0.15) is 46.0 Å². The molecule has 0 spiro atoms. The highest BCUT2D eigenvalue weighted by Crippen LogP contribution is 2.09. The molecule has 12 heavy (non-hydrogen) atoms. The van der Waals surface area contributed by atoms with Gasteiger partial charge in [-0.15, -0.1) is 0 Å². The first kappa shape index (κ1) is 11.4. The second-order valence-electron chi connectivity index (χ2n) is 3.66. The van der Waals surface area contributed by atoms with Crippen molar-refractivity contribution >= 4 is 5.78 Å². The molecule has 0 heterocycles.